The predicted octanol–water partition coefficient (Wildman–Crippen LogP) is -0.383. The lowest BCUT2D eigenvalue weighted by Crippen LogP contribution is -3.00. The summed E-state index contributed by atoms with van der Waals surface area (Å²) in [6.45, 7) is 1.78. The molecule has 0 saturated carbocycles. The van der Waals surface area contributed by atoms with Crippen LogP contribution < -0.4 is 12.4 Å². The molecule has 0 bridgehead atoms. The van der Waals surface area contributed by atoms with Gasteiger partial charge >= 0.3 is 5.69 Å². The minimum absolute atomic E-state index is 0. The number of diazo groups is 1. The number of benzene rings is 1. The highest BCUT2D eigenvalue weighted by molar-refractivity contribution is 5.60. The maximum absolute atomic E-state index is 8.91. The van der Waals surface area contributed by atoms with E-state index in [2.05, 4.69) is 21.9 Å². The van der Waals surface area contributed by atoms with Gasteiger partial charge in [-0.15, -0.1) is 0 Å². The summed E-state index contributed by atoms with van der Waals surface area (Å²) in [6, 6.07) is 9.64. The van der Waals surface area contributed by atoms with Gasteiger partial charge in [-0.2, -0.15) is 5.10 Å². The molecule has 0 unspecified atom stereocenters. The van der Waals surface area contributed by atoms with E-state index in [0.29, 0.717) is 17.1 Å². The molecule has 0 fully saturated rings. The number of aromatic nitrogens is 2. The number of aryl methyl sites for hydroxylation is 2. The molecule has 5 heteroatoms. The molecule has 0 atom stereocenters. The van der Waals surface area contributed by atoms with Crippen molar-refractivity contribution in [2.75, 3.05) is 0 Å². The second-order valence-corrected chi connectivity index (χ2v) is 3.62. The van der Waals surface area contributed by atoms with Gasteiger partial charge in [0.1, 0.15) is 0 Å². The van der Waals surface area contributed by atoms with E-state index < -0.39 is 0 Å². The predicted molar refractivity (Wildman–Crippen MR) is 65.1 cm³/mol. The lowest BCUT2D eigenvalue weighted by molar-refractivity contribution is -0.00000385. The molecule has 4 nitrogen and oxygen atoms in total. The van der Waals surface area contributed by atoms with Gasteiger partial charge in [-0.3, -0.25) is 4.68 Å². The van der Waals surface area contributed by atoms with Crippen LogP contribution in [0.1, 0.15) is 17.0 Å². The minimum atomic E-state index is 0. The van der Waals surface area contributed by atoms with Crippen LogP contribution in [0.4, 0.5) is 5.69 Å². The molecular weight excluding hydrogens is 248 g/mol. The van der Waals surface area contributed by atoms with Gasteiger partial charge in [0, 0.05) is 12.6 Å². The van der Waals surface area contributed by atoms with Crippen LogP contribution in [0.3, 0.4) is 0 Å². The normalized spacial score (nSPS) is 8.72. The van der Waals surface area contributed by atoms with Crippen LogP contribution >= 0.6 is 0 Å². The lowest BCUT2D eigenvalue weighted by atomic mass is 10.2. The molecule has 2 rings (SSSR count). The topological polar surface area (TPSA) is 46.0 Å². The van der Waals surface area contributed by atoms with Crippen molar-refractivity contribution in [1.82, 2.24) is 9.78 Å². The van der Waals surface area contributed by atoms with Gasteiger partial charge in [0.2, 0.25) is 11.1 Å². The van der Waals surface area contributed by atoms with Crippen molar-refractivity contribution >= 4 is 5.69 Å². The van der Waals surface area contributed by atoms with Gasteiger partial charge in [-0.05, 0) is 25.0 Å². The summed E-state index contributed by atoms with van der Waals surface area (Å²) in [4.78, 5) is 3.22. The van der Waals surface area contributed by atoms with Gasteiger partial charge < -0.3 is 12.4 Å². The second kappa shape index (κ2) is 5.86. The number of halogens is 1. The summed E-state index contributed by atoms with van der Waals surface area (Å²) < 4.78 is 1.61. The maximum Gasteiger partial charge on any atom is 0.441 e. The van der Waals surface area contributed by atoms with Crippen LogP contribution in [0.25, 0.3) is 4.98 Å². The van der Waals surface area contributed by atoms with Gasteiger partial charge in [0.15, 0.2) is 10.7 Å². The molecule has 0 aliphatic carbocycles. The highest BCUT2D eigenvalue weighted by Crippen LogP contribution is 2.21. The Bertz CT molecular complexity index is 641. The lowest BCUT2D eigenvalue weighted by Gasteiger charge is -1.88. The average molecular weight is 259 g/mol. The first-order valence-electron chi connectivity index (χ1n) is 5.18. The molecule has 90 valence electrons. The van der Waals surface area contributed by atoms with E-state index >= 15 is 0 Å². The van der Waals surface area contributed by atoms with Crippen LogP contribution in [0.15, 0.2) is 30.3 Å². The smallest absolute Gasteiger partial charge is 0.441 e. The largest absolute Gasteiger partial charge is 1.00 e. The first-order valence-corrected chi connectivity index (χ1v) is 5.18. The quantitative estimate of drug-likeness (QED) is 0.478. The Morgan fingerprint density at radius 3 is 2.50 bits per heavy atom. The zero-order valence-corrected chi connectivity index (χ0v) is 10.8. The Kier molecular flexibility index (Phi) is 4.48. The number of nitrogens with zero attached hydrogens (tertiary/aromatic N) is 4. The van der Waals surface area contributed by atoms with E-state index in [1.165, 1.54) is 0 Å². The third-order valence-corrected chi connectivity index (χ3v) is 2.39. The molecule has 0 amide bonds. The van der Waals surface area contributed by atoms with E-state index in [1.54, 1.807) is 18.7 Å². The third-order valence-electron chi connectivity index (χ3n) is 2.39. The molecule has 18 heavy (non-hydrogen) atoms. The molecule has 1 aromatic carbocycles. The Labute approximate surface area is 112 Å². The van der Waals surface area contributed by atoms with Gasteiger partial charge in [0.25, 0.3) is 0 Å². The fourth-order valence-corrected chi connectivity index (χ4v) is 1.56. The fraction of sp³-hybridized carbons (Fsp3) is 0.154. The Morgan fingerprint density at radius 1 is 1.22 bits per heavy atom. The Balaban J connectivity index is 0.00000162. The van der Waals surface area contributed by atoms with Crippen LogP contribution in [-0.4, -0.2) is 9.78 Å². The van der Waals surface area contributed by atoms with Crippen molar-refractivity contribution in [2.24, 2.45) is 7.05 Å². The SMILES string of the molecule is Cc1nn(C)c(C#Cc2ccccc2)c1[N+]#N.[Cl-]. The first-order chi connectivity index (χ1) is 8.22. The molecule has 2 aromatic rings. The molecule has 0 N–H and O–H groups in total. The summed E-state index contributed by atoms with van der Waals surface area (Å²) >= 11 is 0. The van der Waals surface area contributed by atoms with Crippen LogP contribution in [0.5, 0.6) is 0 Å². The molecule has 0 aliphatic heterocycles. The summed E-state index contributed by atoms with van der Waals surface area (Å²) in [5.41, 5.74) is 2.60. The Hall–Kier alpha value is -2.30. The van der Waals surface area contributed by atoms with Crippen molar-refractivity contribution < 1.29 is 12.4 Å². The Morgan fingerprint density at radius 2 is 1.89 bits per heavy atom. The van der Waals surface area contributed by atoms with Crippen molar-refractivity contribution in [3.63, 3.8) is 0 Å². The fourth-order valence-electron chi connectivity index (χ4n) is 1.56. The highest BCUT2D eigenvalue weighted by Gasteiger charge is 2.22. The standard InChI is InChI=1S/C13H11N4.ClH/c1-10-13(15-14)12(17(2)16-10)9-8-11-6-4-3-5-7-11;/h3-7H,1-2H3;1H/q+1;/p-1. The van der Waals surface area contributed by atoms with Gasteiger partial charge in [-0.25, -0.2) is 0 Å². The second-order valence-electron chi connectivity index (χ2n) is 3.62. The van der Waals surface area contributed by atoms with Crippen molar-refractivity contribution in [2.45, 2.75) is 6.92 Å². The molecular formula is C13H11ClN4. The maximum atomic E-state index is 8.91. The zero-order chi connectivity index (χ0) is 12.3. The number of rotatable bonds is 0. The molecule has 1 aromatic heterocycles. The van der Waals surface area contributed by atoms with E-state index in [-0.39, 0.29) is 12.4 Å². The number of hydrogen-bond donors (Lipinski definition) is 0. The summed E-state index contributed by atoms with van der Waals surface area (Å²) in [5.74, 6) is 5.97. The summed E-state index contributed by atoms with van der Waals surface area (Å²) in [5, 5.41) is 13.1. The molecule has 0 spiro atoms. The van der Waals surface area contributed by atoms with E-state index in [9.17, 15) is 0 Å². The summed E-state index contributed by atoms with van der Waals surface area (Å²) in [6.07, 6.45) is 0. The average Bonchev–Trinajstić information content (AvgIpc) is 2.62. The van der Waals surface area contributed by atoms with Gasteiger partial charge in [0.05, 0.1) is 0 Å². The van der Waals surface area contributed by atoms with Crippen molar-refractivity contribution in [1.29, 1.82) is 5.39 Å². The zero-order valence-electron chi connectivity index (χ0n) is 10.1. The van der Waals surface area contributed by atoms with Gasteiger partial charge in [-0.1, -0.05) is 24.1 Å². The molecule has 0 radical (unpaired) electrons. The third kappa shape index (κ3) is 2.68. The molecule has 1 heterocycles. The van der Waals surface area contributed by atoms with E-state index in [4.69, 9.17) is 5.39 Å². The van der Waals surface area contributed by atoms with Crippen LogP contribution in [-0.2, 0) is 7.05 Å². The van der Waals surface area contributed by atoms with Crippen LogP contribution in [0, 0.1) is 24.2 Å². The van der Waals surface area contributed by atoms with Crippen molar-refractivity contribution in [3.05, 3.63) is 52.3 Å². The van der Waals surface area contributed by atoms with Crippen LogP contribution in [0.2, 0.25) is 0 Å². The summed E-state index contributed by atoms with van der Waals surface area (Å²) in [7, 11) is 1.77. The first kappa shape index (κ1) is 13.8. The molecule has 0 saturated heterocycles. The highest BCUT2D eigenvalue weighted by atomic mass is 35.5. The molecule has 0 aliphatic rings. The van der Waals surface area contributed by atoms with E-state index in [0.717, 1.165) is 5.56 Å². The van der Waals surface area contributed by atoms with Crippen molar-refractivity contribution in [3.8, 4) is 11.8 Å². The van der Waals surface area contributed by atoms with E-state index in [1.807, 2.05) is 30.3 Å². The minimum Gasteiger partial charge on any atom is -1.00 e. The number of hydrogen-bond acceptors (Lipinski definition) is 2. The monoisotopic (exact) mass is 258 g/mol.